The zero-order valence-electron chi connectivity index (χ0n) is 10.4. The average Bonchev–Trinajstić information content (AvgIpc) is 2.43. The molecular weight excluding hydrogens is 361 g/mol. The molecular formula is C15H8BrClFNO2. The van der Waals surface area contributed by atoms with E-state index in [4.69, 9.17) is 11.6 Å². The summed E-state index contributed by atoms with van der Waals surface area (Å²) in [5.74, 6) is -1.10. The summed E-state index contributed by atoms with van der Waals surface area (Å²) in [6.45, 7) is 0. The van der Waals surface area contributed by atoms with Crippen molar-refractivity contribution in [1.82, 2.24) is 4.98 Å². The highest BCUT2D eigenvalue weighted by atomic mass is 79.9. The van der Waals surface area contributed by atoms with Crippen LogP contribution in [0.5, 0.6) is 11.5 Å². The number of rotatable bonds is 1. The van der Waals surface area contributed by atoms with Crippen LogP contribution in [0.25, 0.3) is 22.2 Å². The molecule has 0 aliphatic rings. The third kappa shape index (κ3) is 2.54. The number of pyridine rings is 1. The van der Waals surface area contributed by atoms with Crippen LogP contribution in [0.15, 0.2) is 40.9 Å². The average molecular weight is 369 g/mol. The number of fused-ring (bicyclic) bond motifs is 1. The lowest BCUT2D eigenvalue weighted by Crippen LogP contribution is -1.89. The molecule has 0 aliphatic heterocycles. The van der Waals surface area contributed by atoms with Crippen molar-refractivity contribution in [2.45, 2.75) is 0 Å². The Hall–Kier alpha value is -1.85. The summed E-state index contributed by atoms with van der Waals surface area (Å²) in [5, 5.41) is 19.8. The van der Waals surface area contributed by atoms with E-state index in [-0.39, 0.29) is 5.75 Å². The lowest BCUT2D eigenvalue weighted by molar-refractivity contribution is 0.432. The third-order valence-electron chi connectivity index (χ3n) is 3.04. The zero-order chi connectivity index (χ0) is 15.1. The van der Waals surface area contributed by atoms with E-state index in [9.17, 15) is 14.6 Å². The summed E-state index contributed by atoms with van der Waals surface area (Å²) >= 11 is 9.49. The van der Waals surface area contributed by atoms with Gasteiger partial charge in [-0.05, 0) is 30.3 Å². The van der Waals surface area contributed by atoms with Gasteiger partial charge in [0.25, 0.3) is 0 Å². The minimum atomic E-state index is -0.720. The lowest BCUT2D eigenvalue weighted by Gasteiger charge is -2.08. The van der Waals surface area contributed by atoms with Crippen molar-refractivity contribution in [2.24, 2.45) is 0 Å². The third-order valence-corrected chi connectivity index (χ3v) is 3.99. The van der Waals surface area contributed by atoms with Gasteiger partial charge in [0.15, 0.2) is 11.6 Å². The number of aromatic nitrogens is 1. The van der Waals surface area contributed by atoms with Gasteiger partial charge in [0.1, 0.15) is 5.75 Å². The van der Waals surface area contributed by atoms with Crippen LogP contribution < -0.4 is 0 Å². The molecule has 0 spiro atoms. The smallest absolute Gasteiger partial charge is 0.165 e. The standard InChI is InChI=1S/C15H8BrClFNO2/c16-10-6-13(7-1-2-14(21)12(18)3-7)19-15-9(10)4-8(20)5-11(15)17/h1-6,20-21H. The molecule has 2 N–H and O–H groups in total. The van der Waals surface area contributed by atoms with Crippen LogP contribution in [0.3, 0.4) is 0 Å². The molecule has 0 saturated heterocycles. The number of halogens is 3. The van der Waals surface area contributed by atoms with Crippen molar-refractivity contribution in [3.05, 3.63) is 51.7 Å². The summed E-state index contributed by atoms with van der Waals surface area (Å²) in [7, 11) is 0. The molecule has 0 saturated carbocycles. The first kappa shape index (κ1) is 14.1. The van der Waals surface area contributed by atoms with Crippen molar-refractivity contribution in [2.75, 3.05) is 0 Å². The Kier molecular flexibility index (Phi) is 3.47. The van der Waals surface area contributed by atoms with E-state index in [0.717, 1.165) is 0 Å². The number of hydrogen-bond acceptors (Lipinski definition) is 3. The Morgan fingerprint density at radius 3 is 2.57 bits per heavy atom. The molecule has 0 atom stereocenters. The second-order valence-electron chi connectivity index (χ2n) is 4.48. The van der Waals surface area contributed by atoms with Gasteiger partial charge in [-0.15, -0.1) is 0 Å². The molecule has 3 nitrogen and oxygen atoms in total. The molecule has 2 aromatic carbocycles. The molecule has 0 bridgehead atoms. The maximum absolute atomic E-state index is 13.5. The Labute approximate surface area is 132 Å². The van der Waals surface area contributed by atoms with Gasteiger partial charge in [-0.3, -0.25) is 0 Å². The SMILES string of the molecule is Oc1cc(Cl)c2nc(-c3ccc(O)c(F)c3)cc(Br)c2c1. The number of benzene rings is 2. The first-order valence-electron chi connectivity index (χ1n) is 5.93. The fourth-order valence-electron chi connectivity index (χ4n) is 2.05. The van der Waals surface area contributed by atoms with Crippen molar-refractivity contribution in [1.29, 1.82) is 0 Å². The molecule has 6 heteroatoms. The number of phenols is 2. The van der Waals surface area contributed by atoms with Crippen LogP contribution in [0, 0.1) is 5.82 Å². The molecule has 3 aromatic rings. The van der Waals surface area contributed by atoms with Crippen molar-refractivity contribution >= 4 is 38.4 Å². The monoisotopic (exact) mass is 367 g/mol. The number of phenolic OH excluding ortho intramolecular Hbond substituents is 2. The maximum atomic E-state index is 13.5. The van der Waals surface area contributed by atoms with Crippen LogP contribution in [0.1, 0.15) is 0 Å². The van der Waals surface area contributed by atoms with Gasteiger partial charge in [-0.25, -0.2) is 9.37 Å². The van der Waals surface area contributed by atoms with E-state index in [0.29, 0.717) is 31.7 Å². The molecule has 0 radical (unpaired) electrons. The summed E-state index contributed by atoms with van der Waals surface area (Å²) in [6, 6.07) is 8.66. The van der Waals surface area contributed by atoms with Crippen LogP contribution in [0.2, 0.25) is 5.02 Å². The highest BCUT2D eigenvalue weighted by Gasteiger charge is 2.11. The Morgan fingerprint density at radius 1 is 1.10 bits per heavy atom. The van der Waals surface area contributed by atoms with Crippen LogP contribution in [-0.4, -0.2) is 15.2 Å². The number of aromatic hydroxyl groups is 2. The fraction of sp³-hybridized carbons (Fsp3) is 0. The van der Waals surface area contributed by atoms with Gasteiger partial charge in [0.2, 0.25) is 0 Å². The first-order chi connectivity index (χ1) is 9.95. The molecule has 21 heavy (non-hydrogen) atoms. The predicted octanol–water partition coefficient (Wildman–Crippen LogP) is 4.87. The molecule has 0 aliphatic carbocycles. The minimum Gasteiger partial charge on any atom is -0.508 e. The Morgan fingerprint density at radius 2 is 1.86 bits per heavy atom. The maximum Gasteiger partial charge on any atom is 0.165 e. The van der Waals surface area contributed by atoms with E-state index < -0.39 is 11.6 Å². The first-order valence-corrected chi connectivity index (χ1v) is 7.10. The topological polar surface area (TPSA) is 53.4 Å². The van der Waals surface area contributed by atoms with Crippen LogP contribution in [0.4, 0.5) is 4.39 Å². The minimum absolute atomic E-state index is 0.0402. The second-order valence-corrected chi connectivity index (χ2v) is 5.74. The van der Waals surface area contributed by atoms with Crippen molar-refractivity contribution in [3.8, 4) is 22.8 Å². The van der Waals surface area contributed by atoms with E-state index in [1.54, 1.807) is 18.2 Å². The van der Waals surface area contributed by atoms with Gasteiger partial charge < -0.3 is 10.2 Å². The summed E-state index contributed by atoms with van der Waals surface area (Å²) in [5.41, 5.74) is 1.50. The van der Waals surface area contributed by atoms with Gasteiger partial charge >= 0.3 is 0 Å². The molecule has 0 amide bonds. The Balaban J connectivity index is 2.27. The summed E-state index contributed by atoms with van der Waals surface area (Å²) in [6.07, 6.45) is 0. The Bertz CT molecular complexity index is 870. The van der Waals surface area contributed by atoms with Gasteiger partial charge in [0, 0.05) is 21.5 Å². The van der Waals surface area contributed by atoms with E-state index >= 15 is 0 Å². The summed E-state index contributed by atoms with van der Waals surface area (Å²) in [4.78, 5) is 4.40. The highest BCUT2D eigenvalue weighted by Crippen LogP contribution is 2.35. The van der Waals surface area contributed by atoms with Crippen LogP contribution in [-0.2, 0) is 0 Å². The van der Waals surface area contributed by atoms with Crippen molar-refractivity contribution in [3.63, 3.8) is 0 Å². The second kappa shape index (κ2) is 5.16. The van der Waals surface area contributed by atoms with Crippen LogP contribution >= 0.6 is 27.5 Å². The van der Waals surface area contributed by atoms with Crippen molar-refractivity contribution < 1.29 is 14.6 Å². The predicted molar refractivity (Wildman–Crippen MR) is 83.2 cm³/mol. The fourth-order valence-corrected chi connectivity index (χ4v) is 2.82. The normalized spacial score (nSPS) is 11.0. The molecule has 1 heterocycles. The molecule has 0 fully saturated rings. The largest absolute Gasteiger partial charge is 0.508 e. The van der Waals surface area contributed by atoms with Gasteiger partial charge in [-0.1, -0.05) is 27.5 Å². The lowest BCUT2D eigenvalue weighted by atomic mass is 10.1. The van der Waals surface area contributed by atoms with E-state index in [1.807, 2.05) is 0 Å². The highest BCUT2D eigenvalue weighted by molar-refractivity contribution is 9.10. The van der Waals surface area contributed by atoms with Gasteiger partial charge in [0.05, 0.1) is 16.2 Å². The van der Waals surface area contributed by atoms with E-state index in [1.165, 1.54) is 18.2 Å². The van der Waals surface area contributed by atoms with E-state index in [2.05, 4.69) is 20.9 Å². The molecule has 106 valence electrons. The molecule has 3 rings (SSSR count). The van der Waals surface area contributed by atoms with Gasteiger partial charge in [-0.2, -0.15) is 0 Å². The number of hydrogen-bond donors (Lipinski definition) is 2. The summed E-state index contributed by atoms with van der Waals surface area (Å²) < 4.78 is 14.1. The quantitative estimate of drug-likeness (QED) is 0.644. The molecule has 1 aromatic heterocycles. The molecule has 0 unspecified atom stereocenters. The zero-order valence-corrected chi connectivity index (χ0v) is 12.8. The number of nitrogens with zero attached hydrogens (tertiary/aromatic N) is 1.